The molecule has 2 aromatic rings. The molecule has 0 aliphatic rings. The molecule has 2 aromatic heterocycles. The van der Waals surface area contributed by atoms with Crippen molar-refractivity contribution >= 4 is 11.5 Å². The Labute approximate surface area is 98.9 Å². The molecule has 2 heterocycles. The van der Waals surface area contributed by atoms with Gasteiger partial charge in [0.25, 0.3) is 0 Å². The highest BCUT2D eigenvalue weighted by atomic mass is 16.3. The van der Waals surface area contributed by atoms with E-state index in [2.05, 4.69) is 25.8 Å². The second-order valence-electron chi connectivity index (χ2n) is 4.01. The van der Waals surface area contributed by atoms with Crippen LogP contribution in [-0.2, 0) is 0 Å². The van der Waals surface area contributed by atoms with Gasteiger partial charge in [0.2, 0.25) is 0 Å². The van der Waals surface area contributed by atoms with E-state index in [0.29, 0.717) is 11.5 Å². The first-order valence-corrected chi connectivity index (χ1v) is 5.66. The van der Waals surface area contributed by atoms with Gasteiger partial charge in [0.05, 0.1) is 24.5 Å². The summed E-state index contributed by atoms with van der Waals surface area (Å²) in [5, 5.41) is 24.1. The van der Waals surface area contributed by atoms with E-state index in [1.165, 1.54) is 0 Å². The van der Waals surface area contributed by atoms with E-state index in [1.54, 1.807) is 16.9 Å². The zero-order valence-electron chi connectivity index (χ0n) is 9.96. The zero-order valence-corrected chi connectivity index (χ0v) is 9.96. The first-order valence-electron chi connectivity index (χ1n) is 5.66. The summed E-state index contributed by atoms with van der Waals surface area (Å²) >= 11 is 0. The maximum absolute atomic E-state index is 9.52. The van der Waals surface area contributed by atoms with Crippen LogP contribution in [0.4, 0.5) is 5.82 Å². The average molecular weight is 236 g/mol. The van der Waals surface area contributed by atoms with E-state index < -0.39 is 0 Å². The summed E-state index contributed by atoms with van der Waals surface area (Å²) < 4.78 is 1.57. The number of fused-ring (bicyclic) bond motifs is 1. The lowest BCUT2D eigenvalue weighted by Crippen LogP contribution is -2.41. The third kappa shape index (κ3) is 2.05. The molecule has 92 valence electrons. The van der Waals surface area contributed by atoms with Crippen LogP contribution in [0.15, 0.2) is 12.4 Å². The van der Waals surface area contributed by atoms with Crippen molar-refractivity contribution in [1.82, 2.24) is 25.0 Å². The number of aromatic nitrogens is 5. The fourth-order valence-corrected chi connectivity index (χ4v) is 1.72. The third-order valence-electron chi connectivity index (χ3n) is 3.16. The van der Waals surface area contributed by atoms with Crippen molar-refractivity contribution < 1.29 is 5.11 Å². The van der Waals surface area contributed by atoms with Gasteiger partial charge >= 0.3 is 0 Å². The van der Waals surface area contributed by atoms with Crippen molar-refractivity contribution in [3.63, 3.8) is 0 Å². The maximum atomic E-state index is 9.52. The fourth-order valence-electron chi connectivity index (χ4n) is 1.72. The number of hydrogen-bond donors (Lipinski definition) is 2. The number of rotatable bonds is 5. The van der Waals surface area contributed by atoms with E-state index in [9.17, 15) is 5.11 Å². The molecule has 0 bridgehead atoms. The van der Waals surface area contributed by atoms with Crippen LogP contribution in [0.3, 0.4) is 0 Å². The lowest BCUT2D eigenvalue weighted by atomic mass is 9.94. The van der Waals surface area contributed by atoms with Gasteiger partial charge in [0.1, 0.15) is 0 Å². The average Bonchev–Trinajstić information content (AvgIpc) is 2.85. The summed E-state index contributed by atoms with van der Waals surface area (Å²) in [6, 6.07) is 0. The lowest BCUT2D eigenvalue weighted by Gasteiger charge is -2.31. The molecule has 2 N–H and O–H groups in total. The van der Waals surface area contributed by atoms with Gasteiger partial charge in [-0.05, 0) is 23.3 Å². The highest BCUT2D eigenvalue weighted by Crippen LogP contribution is 2.21. The number of anilines is 1. The monoisotopic (exact) mass is 236 g/mol. The minimum atomic E-state index is -0.359. The Kier molecular flexibility index (Phi) is 3.19. The number of hydrogen-bond acceptors (Lipinski definition) is 6. The third-order valence-corrected chi connectivity index (χ3v) is 3.16. The molecular weight excluding hydrogens is 220 g/mol. The Balaban J connectivity index is 2.37. The standard InChI is InChI=1S/C10H16N6O/c1-3-10(4-2,7-17)12-8-5-11-6-9-13-14-15-16(8)9/h5-6,12,17H,3-4,7H2,1-2H3. The normalized spacial score (nSPS) is 11.9. The number of aliphatic hydroxyl groups is 1. The molecular formula is C10H16N6O. The summed E-state index contributed by atoms with van der Waals surface area (Å²) in [5.74, 6) is 0.685. The van der Waals surface area contributed by atoms with Gasteiger partial charge in [-0.2, -0.15) is 4.52 Å². The first kappa shape index (κ1) is 11.7. The molecule has 0 aliphatic heterocycles. The molecule has 0 radical (unpaired) electrons. The minimum absolute atomic E-state index is 0.0541. The predicted molar refractivity (Wildman–Crippen MR) is 62.6 cm³/mol. The van der Waals surface area contributed by atoms with Crippen molar-refractivity contribution in [2.75, 3.05) is 11.9 Å². The van der Waals surface area contributed by atoms with Gasteiger partial charge in [-0.15, -0.1) is 5.10 Å². The molecule has 0 aliphatic carbocycles. The van der Waals surface area contributed by atoms with E-state index in [4.69, 9.17) is 0 Å². The van der Waals surface area contributed by atoms with Gasteiger partial charge in [0.15, 0.2) is 11.5 Å². The molecule has 0 atom stereocenters. The Morgan fingerprint density at radius 1 is 1.35 bits per heavy atom. The molecule has 7 nitrogen and oxygen atoms in total. The van der Waals surface area contributed by atoms with Gasteiger partial charge in [0, 0.05) is 0 Å². The number of nitrogens with one attached hydrogen (secondary N) is 1. The highest BCUT2D eigenvalue weighted by Gasteiger charge is 2.26. The fraction of sp³-hybridized carbons (Fsp3) is 0.600. The molecule has 0 amide bonds. The Bertz CT molecular complexity index is 484. The number of nitrogens with zero attached hydrogens (tertiary/aromatic N) is 5. The van der Waals surface area contributed by atoms with E-state index >= 15 is 0 Å². The largest absolute Gasteiger partial charge is 0.394 e. The Hall–Kier alpha value is -1.76. The van der Waals surface area contributed by atoms with Crippen LogP contribution in [0.2, 0.25) is 0 Å². The summed E-state index contributed by atoms with van der Waals surface area (Å²) in [5.41, 5.74) is 0.219. The van der Waals surface area contributed by atoms with Crippen molar-refractivity contribution in [3.8, 4) is 0 Å². The summed E-state index contributed by atoms with van der Waals surface area (Å²) in [6.07, 6.45) is 4.85. The predicted octanol–water partition coefficient (Wildman–Crippen LogP) is 0.482. The topological polar surface area (TPSA) is 88.2 Å². The Morgan fingerprint density at radius 2 is 2.12 bits per heavy atom. The molecule has 0 saturated heterocycles. The minimum Gasteiger partial charge on any atom is -0.394 e. The highest BCUT2D eigenvalue weighted by molar-refractivity contribution is 5.45. The molecule has 0 spiro atoms. The summed E-state index contributed by atoms with van der Waals surface area (Å²) in [6.45, 7) is 4.11. The van der Waals surface area contributed by atoms with Crippen molar-refractivity contribution in [2.24, 2.45) is 0 Å². The van der Waals surface area contributed by atoms with E-state index in [-0.39, 0.29) is 12.1 Å². The van der Waals surface area contributed by atoms with Crippen LogP contribution in [0, 0.1) is 0 Å². The summed E-state index contributed by atoms with van der Waals surface area (Å²) in [4.78, 5) is 4.06. The van der Waals surface area contributed by atoms with Gasteiger partial charge in [-0.3, -0.25) is 4.98 Å². The second-order valence-corrected chi connectivity index (χ2v) is 4.01. The molecule has 7 heteroatoms. The van der Waals surface area contributed by atoms with Gasteiger partial charge < -0.3 is 10.4 Å². The Morgan fingerprint density at radius 3 is 2.76 bits per heavy atom. The van der Waals surface area contributed by atoms with E-state index in [0.717, 1.165) is 12.8 Å². The van der Waals surface area contributed by atoms with Crippen LogP contribution in [0.25, 0.3) is 5.65 Å². The van der Waals surface area contributed by atoms with Crippen LogP contribution in [0.5, 0.6) is 0 Å². The molecule has 0 fully saturated rings. The van der Waals surface area contributed by atoms with Crippen LogP contribution in [-0.4, -0.2) is 42.3 Å². The van der Waals surface area contributed by atoms with Crippen LogP contribution in [0.1, 0.15) is 26.7 Å². The SMILES string of the molecule is CCC(CC)(CO)Nc1cncc2nnnn12. The van der Waals surface area contributed by atoms with Crippen LogP contribution >= 0.6 is 0 Å². The quantitative estimate of drug-likeness (QED) is 0.785. The number of tetrazole rings is 1. The van der Waals surface area contributed by atoms with Gasteiger partial charge in [-0.1, -0.05) is 13.8 Å². The lowest BCUT2D eigenvalue weighted by molar-refractivity contribution is 0.202. The van der Waals surface area contributed by atoms with Crippen molar-refractivity contribution in [3.05, 3.63) is 12.4 Å². The van der Waals surface area contributed by atoms with Crippen molar-refractivity contribution in [1.29, 1.82) is 0 Å². The van der Waals surface area contributed by atoms with Crippen molar-refractivity contribution in [2.45, 2.75) is 32.2 Å². The van der Waals surface area contributed by atoms with Gasteiger partial charge in [-0.25, -0.2) is 0 Å². The molecule has 0 saturated carbocycles. The molecule has 17 heavy (non-hydrogen) atoms. The summed E-state index contributed by atoms with van der Waals surface area (Å²) in [7, 11) is 0. The van der Waals surface area contributed by atoms with E-state index in [1.807, 2.05) is 13.8 Å². The smallest absolute Gasteiger partial charge is 0.199 e. The molecule has 0 aromatic carbocycles. The maximum Gasteiger partial charge on any atom is 0.199 e. The first-order chi connectivity index (χ1) is 8.24. The van der Waals surface area contributed by atoms with Crippen LogP contribution < -0.4 is 5.32 Å². The zero-order chi connectivity index (χ0) is 12.3. The molecule has 0 unspecified atom stereocenters. The number of aliphatic hydroxyl groups excluding tert-OH is 1. The molecule has 2 rings (SSSR count). The second kappa shape index (κ2) is 4.62.